The van der Waals surface area contributed by atoms with Crippen molar-refractivity contribution in [2.75, 3.05) is 12.4 Å². The van der Waals surface area contributed by atoms with Crippen molar-refractivity contribution < 1.29 is 9.13 Å². The molecule has 0 unspecified atom stereocenters. The molecule has 1 aromatic heterocycles. The molecule has 1 N–H and O–H groups in total. The summed E-state index contributed by atoms with van der Waals surface area (Å²) in [7, 11) is 1.45. The zero-order valence-electron chi connectivity index (χ0n) is 9.04. The minimum atomic E-state index is -0.359. The quantitative estimate of drug-likeness (QED) is 0.844. The van der Waals surface area contributed by atoms with Gasteiger partial charge in [0.1, 0.15) is 5.01 Å². The molecule has 2 rings (SSSR count). The maximum Gasteiger partial charge on any atom is 0.165 e. The smallest absolute Gasteiger partial charge is 0.165 e. The molecule has 90 valence electrons. The fourth-order valence-electron chi connectivity index (χ4n) is 1.32. The number of hydrogen-bond donors (Lipinski definition) is 1. The lowest BCUT2D eigenvalue weighted by Crippen LogP contribution is -1.99. The Hall–Kier alpha value is -0.890. The van der Waals surface area contributed by atoms with Gasteiger partial charge in [-0.05, 0) is 34.7 Å². The Labute approximate surface area is 116 Å². The van der Waals surface area contributed by atoms with Crippen molar-refractivity contribution in [3.8, 4) is 5.75 Å². The first kappa shape index (κ1) is 12.6. The largest absolute Gasteiger partial charge is 0.494 e. The lowest BCUT2D eigenvalue weighted by atomic mass is 10.3. The van der Waals surface area contributed by atoms with Crippen LogP contribution in [0.5, 0.6) is 5.75 Å². The van der Waals surface area contributed by atoms with E-state index in [0.717, 1.165) is 13.6 Å². The topological polar surface area (TPSA) is 34.1 Å². The summed E-state index contributed by atoms with van der Waals surface area (Å²) in [6, 6.07) is 4.69. The second-order valence-electron chi connectivity index (χ2n) is 3.26. The highest BCUT2D eigenvalue weighted by Gasteiger charge is 2.04. The monoisotopic (exact) mass is 364 g/mol. The van der Waals surface area contributed by atoms with Crippen molar-refractivity contribution >= 4 is 39.6 Å². The van der Waals surface area contributed by atoms with Crippen LogP contribution >= 0.6 is 33.9 Å². The molecule has 0 bridgehead atoms. The van der Waals surface area contributed by atoms with Crippen LogP contribution in [0.1, 0.15) is 5.01 Å². The van der Waals surface area contributed by atoms with E-state index in [0.29, 0.717) is 6.54 Å². The molecule has 0 atom stereocenters. The van der Waals surface area contributed by atoms with Crippen LogP contribution in [-0.2, 0) is 6.54 Å². The van der Waals surface area contributed by atoms with Gasteiger partial charge in [-0.1, -0.05) is 0 Å². The Balaban J connectivity index is 2.04. The van der Waals surface area contributed by atoms with Crippen LogP contribution in [0.25, 0.3) is 0 Å². The molecule has 1 aromatic carbocycles. The molecule has 0 saturated heterocycles. The maximum atomic E-state index is 13.2. The van der Waals surface area contributed by atoms with Crippen LogP contribution in [0.3, 0.4) is 0 Å². The van der Waals surface area contributed by atoms with Crippen molar-refractivity contribution in [3.05, 3.63) is 38.1 Å². The molecule has 0 aliphatic rings. The van der Waals surface area contributed by atoms with E-state index >= 15 is 0 Å². The first-order valence-electron chi connectivity index (χ1n) is 4.86. The predicted molar refractivity (Wildman–Crippen MR) is 75.1 cm³/mol. The van der Waals surface area contributed by atoms with Gasteiger partial charge in [0.2, 0.25) is 0 Å². The van der Waals surface area contributed by atoms with E-state index in [1.165, 1.54) is 13.2 Å². The normalized spacial score (nSPS) is 10.3. The molecule has 0 aliphatic carbocycles. The fourth-order valence-corrected chi connectivity index (χ4v) is 2.80. The number of anilines is 1. The van der Waals surface area contributed by atoms with Gasteiger partial charge < -0.3 is 10.1 Å². The van der Waals surface area contributed by atoms with Gasteiger partial charge in [0.15, 0.2) is 11.6 Å². The van der Waals surface area contributed by atoms with Crippen molar-refractivity contribution in [1.29, 1.82) is 0 Å². The molecule has 0 amide bonds. The zero-order chi connectivity index (χ0) is 12.3. The van der Waals surface area contributed by atoms with Gasteiger partial charge >= 0.3 is 0 Å². The van der Waals surface area contributed by atoms with E-state index in [2.05, 4.69) is 32.9 Å². The number of rotatable bonds is 4. The predicted octanol–water partition coefficient (Wildman–Crippen LogP) is 3.51. The van der Waals surface area contributed by atoms with Crippen molar-refractivity contribution in [2.24, 2.45) is 0 Å². The summed E-state index contributed by atoms with van der Waals surface area (Å²) >= 11 is 3.86. The molecule has 0 spiro atoms. The highest BCUT2D eigenvalue weighted by molar-refractivity contribution is 14.1. The maximum absolute atomic E-state index is 13.2. The van der Waals surface area contributed by atoms with E-state index < -0.39 is 0 Å². The number of nitrogens with one attached hydrogen (secondary N) is 1. The zero-order valence-corrected chi connectivity index (χ0v) is 12.0. The summed E-state index contributed by atoms with van der Waals surface area (Å²) in [5.41, 5.74) is 0.813. The fraction of sp³-hybridized carbons (Fsp3) is 0.182. The average Bonchev–Trinajstić information content (AvgIpc) is 2.74. The minimum absolute atomic E-state index is 0.240. The van der Waals surface area contributed by atoms with Crippen LogP contribution < -0.4 is 10.1 Å². The Bertz CT molecular complexity index is 518. The van der Waals surface area contributed by atoms with Crippen molar-refractivity contribution in [1.82, 2.24) is 4.98 Å². The molecule has 2 aromatic rings. The first-order chi connectivity index (χ1) is 8.19. The minimum Gasteiger partial charge on any atom is -0.494 e. The molecular formula is C11H10FIN2OS. The van der Waals surface area contributed by atoms with E-state index in [1.807, 2.05) is 6.20 Å². The number of ether oxygens (including phenoxy) is 1. The average molecular weight is 364 g/mol. The number of aromatic nitrogens is 1. The van der Waals surface area contributed by atoms with Gasteiger partial charge in [0, 0.05) is 11.8 Å². The van der Waals surface area contributed by atoms with E-state index in [-0.39, 0.29) is 11.6 Å². The summed E-state index contributed by atoms with van der Waals surface area (Å²) in [5, 5.41) is 4.17. The van der Waals surface area contributed by atoms with Crippen molar-refractivity contribution in [2.45, 2.75) is 6.54 Å². The van der Waals surface area contributed by atoms with Crippen LogP contribution in [0, 0.1) is 8.70 Å². The number of hydrogen-bond acceptors (Lipinski definition) is 4. The molecule has 3 nitrogen and oxygen atoms in total. The number of benzene rings is 1. The van der Waals surface area contributed by atoms with E-state index in [9.17, 15) is 4.39 Å². The number of methoxy groups -OCH3 is 1. The second kappa shape index (κ2) is 5.63. The Kier molecular flexibility index (Phi) is 4.16. The standard InChI is InChI=1S/C11H10FIN2OS/c1-16-9-4-7(2-3-8(9)12)14-6-11-15-5-10(13)17-11/h2-5,14H,6H2,1H3. The van der Waals surface area contributed by atoms with Gasteiger partial charge in [-0.15, -0.1) is 11.3 Å². The van der Waals surface area contributed by atoms with Crippen molar-refractivity contribution in [3.63, 3.8) is 0 Å². The Morgan fingerprint density at radius 2 is 2.35 bits per heavy atom. The number of thiazole rings is 1. The van der Waals surface area contributed by atoms with Gasteiger partial charge in [-0.3, -0.25) is 0 Å². The molecular weight excluding hydrogens is 354 g/mol. The molecule has 0 radical (unpaired) electrons. The van der Waals surface area contributed by atoms with Crippen LogP contribution in [0.15, 0.2) is 24.4 Å². The van der Waals surface area contributed by atoms with Crippen LogP contribution in [0.4, 0.5) is 10.1 Å². The molecule has 17 heavy (non-hydrogen) atoms. The summed E-state index contributed by atoms with van der Waals surface area (Å²) in [6.07, 6.45) is 1.83. The van der Waals surface area contributed by atoms with Crippen LogP contribution in [-0.4, -0.2) is 12.1 Å². The van der Waals surface area contributed by atoms with E-state index in [4.69, 9.17) is 4.74 Å². The third-order valence-electron chi connectivity index (χ3n) is 2.12. The first-order valence-corrected chi connectivity index (χ1v) is 6.76. The second-order valence-corrected chi connectivity index (χ2v) is 6.27. The highest BCUT2D eigenvalue weighted by atomic mass is 127. The van der Waals surface area contributed by atoms with Gasteiger partial charge in [-0.25, -0.2) is 9.37 Å². The van der Waals surface area contributed by atoms with E-state index in [1.54, 1.807) is 23.5 Å². The lowest BCUT2D eigenvalue weighted by Gasteiger charge is -2.07. The summed E-state index contributed by atoms with van der Waals surface area (Å²) < 4.78 is 19.2. The Morgan fingerprint density at radius 1 is 1.53 bits per heavy atom. The third kappa shape index (κ3) is 3.29. The van der Waals surface area contributed by atoms with Gasteiger partial charge in [0.25, 0.3) is 0 Å². The highest BCUT2D eigenvalue weighted by Crippen LogP contribution is 2.22. The number of nitrogens with zero attached hydrogens (tertiary/aromatic N) is 1. The molecule has 1 heterocycles. The number of halogens is 2. The molecule has 0 aliphatic heterocycles. The summed E-state index contributed by atoms with van der Waals surface area (Å²) in [4.78, 5) is 4.23. The van der Waals surface area contributed by atoms with Gasteiger partial charge in [0.05, 0.1) is 22.7 Å². The summed E-state index contributed by atoms with van der Waals surface area (Å²) in [5.74, 6) is -0.120. The molecule has 0 fully saturated rings. The van der Waals surface area contributed by atoms with Crippen LogP contribution in [0.2, 0.25) is 0 Å². The molecule has 6 heteroatoms. The van der Waals surface area contributed by atoms with Gasteiger partial charge in [-0.2, -0.15) is 0 Å². The molecule has 0 saturated carbocycles. The summed E-state index contributed by atoms with van der Waals surface area (Å²) in [6.45, 7) is 0.627. The third-order valence-corrected chi connectivity index (χ3v) is 3.85. The lowest BCUT2D eigenvalue weighted by molar-refractivity contribution is 0.387. The SMILES string of the molecule is COc1cc(NCc2ncc(I)s2)ccc1F. The Morgan fingerprint density at radius 3 is 3.00 bits per heavy atom.